The van der Waals surface area contributed by atoms with Crippen molar-refractivity contribution >= 4 is 6.01 Å². The molecular formula is C15H22N4O2. The first-order valence-electron chi connectivity index (χ1n) is 7.43. The van der Waals surface area contributed by atoms with Crippen molar-refractivity contribution in [3.63, 3.8) is 0 Å². The molecule has 3 rings (SSSR count). The molecule has 0 amide bonds. The lowest BCUT2D eigenvalue weighted by molar-refractivity contribution is 0.265. The lowest BCUT2D eigenvalue weighted by Gasteiger charge is -2.22. The Labute approximate surface area is 124 Å². The highest BCUT2D eigenvalue weighted by molar-refractivity contribution is 5.21. The van der Waals surface area contributed by atoms with Crippen molar-refractivity contribution in [1.29, 1.82) is 0 Å². The molecule has 1 saturated carbocycles. The normalized spacial score (nSPS) is 17.0. The van der Waals surface area contributed by atoms with Gasteiger partial charge in [-0.15, -0.1) is 5.10 Å². The number of nitrogens with zero attached hydrogens (tertiary/aromatic N) is 3. The second-order valence-corrected chi connectivity index (χ2v) is 5.88. The maximum Gasteiger partial charge on any atom is 0.315 e. The molecule has 6 heteroatoms. The van der Waals surface area contributed by atoms with Crippen LogP contribution in [0.2, 0.25) is 0 Å². The van der Waals surface area contributed by atoms with Gasteiger partial charge in [0.15, 0.2) is 0 Å². The Morgan fingerprint density at radius 2 is 2.10 bits per heavy atom. The number of hydrogen-bond acceptors (Lipinski definition) is 6. The highest BCUT2D eigenvalue weighted by atomic mass is 16.4. The molecule has 2 heterocycles. The smallest absolute Gasteiger partial charge is 0.315 e. The fraction of sp³-hybridized carbons (Fsp3) is 0.600. The summed E-state index contributed by atoms with van der Waals surface area (Å²) in [7, 11) is 4.05. The Hall–Kier alpha value is -1.82. The van der Waals surface area contributed by atoms with E-state index in [2.05, 4.69) is 20.4 Å². The number of furan rings is 1. The first-order valence-corrected chi connectivity index (χ1v) is 7.43. The van der Waals surface area contributed by atoms with Crippen molar-refractivity contribution in [2.24, 2.45) is 0 Å². The highest BCUT2D eigenvalue weighted by Crippen LogP contribution is 2.35. The zero-order valence-electron chi connectivity index (χ0n) is 12.8. The monoisotopic (exact) mass is 290 g/mol. The van der Waals surface area contributed by atoms with E-state index in [1.54, 1.807) is 0 Å². The van der Waals surface area contributed by atoms with Gasteiger partial charge < -0.3 is 14.2 Å². The van der Waals surface area contributed by atoms with Crippen molar-refractivity contribution in [3.8, 4) is 0 Å². The van der Waals surface area contributed by atoms with Gasteiger partial charge in [0, 0.05) is 12.5 Å². The minimum atomic E-state index is 0.123. The van der Waals surface area contributed by atoms with E-state index in [9.17, 15) is 0 Å². The van der Waals surface area contributed by atoms with Crippen LogP contribution in [0.5, 0.6) is 0 Å². The van der Waals surface area contributed by atoms with E-state index >= 15 is 0 Å². The van der Waals surface area contributed by atoms with Gasteiger partial charge in [0.1, 0.15) is 11.5 Å². The molecule has 1 fully saturated rings. The lowest BCUT2D eigenvalue weighted by Crippen LogP contribution is -2.26. The van der Waals surface area contributed by atoms with Crippen LogP contribution in [-0.2, 0) is 0 Å². The first kappa shape index (κ1) is 14.1. The molecule has 0 radical (unpaired) electrons. The third kappa shape index (κ3) is 3.10. The Balaban J connectivity index is 1.62. The van der Waals surface area contributed by atoms with Gasteiger partial charge in [0.05, 0.1) is 6.04 Å². The van der Waals surface area contributed by atoms with Crippen molar-refractivity contribution in [3.05, 3.63) is 29.5 Å². The van der Waals surface area contributed by atoms with Gasteiger partial charge in [-0.25, -0.2) is 0 Å². The molecule has 0 unspecified atom stereocenters. The number of aromatic nitrogens is 2. The quantitative estimate of drug-likeness (QED) is 0.882. The summed E-state index contributed by atoms with van der Waals surface area (Å²) in [6.07, 6.45) is 3.58. The minimum Gasteiger partial charge on any atom is -0.465 e. The molecule has 1 aliphatic rings. The lowest BCUT2D eigenvalue weighted by atomic mass is 9.85. The summed E-state index contributed by atoms with van der Waals surface area (Å²) in [5.74, 6) is 3.08. The van der Waals surface area contributed by atoms with Gasteiger partial charge in [-0.3, -0.25) is 4.90 Å². The molecule has 0 saturated heterocycles. The summed E-state index contributed by atoms with van der Waals surface area (Å²) >= 11 is 0. The second-order valence-electron chi connectivity index (χ2n) is 5.88. The maximum absolute atomic E-state index is 5.72. The average molecular weight is 290 g/mol. The molecule has 2 aromatic rings. The Kier molecular flexibility index (Phi) is 3.96. The van der Waals surface area contributed by atoms with E-state index in [0.717, 1.165) is 30.3 Å². The number of rotatable bonds is 6. The first-order chi connectivity index (χ1) is 10.1. The molecule has 114 valence electrons. The van der Waals surface area contributed by atoms with Crippen molar-refractivity contribution in [2.75, 3.05) is 26.0 Å². The van der Waals surface area contributed by atoms with Crippen LogP contribution in [0.25, 0.3) is 0 Å². The van der Waals surface area contributed by atoms with Gasteiger partial charge >= 0.3 is 6.01 Å². The molecule has 0 aromatic carbocycles. The standard InChI is InChI=1S/C15H22N4O2/c1-10-7-8-13(20-10)12(19(2)3)9-16-15-18-17-14(21-15)11-5-4-6-11/h7-8,11-12H,4-6,9H2,1-3H3,(H,16,18)/t12-/m1/s1. The minimum absolute atomic E-state index is 0.123. The third-order valence-corrected chi connectivity index (χ3v) is 4.05. The zero-order valence-corrected chi connectivity index (χ0v) is 12.8. The van der Waals surface area contributed by atoms with Gasteiger partial charge in [0.25, 0.3) is 0 Å². The fourth-order valence-electron chi connectivity index (χ4n) is 2.48. The Morgan fingerprint density at radius 3 is 2.67 bits per heavy atom. The molecule has 21 heavy (non-hydrogen) atoms. The third-order valence-electron chi connectivity index (χ3n) is 4.05. The second kappa shape index (κ2) is 5.89. The van der Waals surface area contributed by atoms with Gasteiger partial charge in [-0.1, -0.05) is 11.5 Å². The van der Waals surface area contributed by atoms with Crippen molar-refractivity contribution in [2.45, 2.75) is 38.1 Å². The Morgan fingerprint density at radius 1 is 1.29 bits per heavy atom. The summed E-state index contributed by atoms with van der Waals surface area (Å²) < 4.78 is 11.4. The largest absolute Gasteiger partial charge is 0.465 e. The molecular weight excluding hydrogens is 268 g/mol. The van der Waals surface area contributed by atoms with Gasteiger partial charge in [0.2, 0.25) is 5.89 Å². The zero-order chi connectivity index (χ0) is 14.8. The van der Waals surface area contributed by atoms with E-state index in [1.807, 2.05) is 33.2 Å². The predicted octanol–water partition coefficient (Wildman–Crippen LogP) is 2.95. The number of aryl methyl sites for hydroxylation is 1. The fourth-order valence-corrected chi connectivity index (χ4v) is 2.48. The molecule has 1 N–H and O–H groups in total. The van der Waals surface area contributed by atoms with E-state index in [-0.39, 0.29) is 6.04 Å². The van der Waals surface area contributed by atoms with E-state index < -0.39 is 0 Å². The molecule has 2 aromatic heterocycles. The van der Waals surface area contributed by atoms with Crippen LogP contribution < -0.4 is 5.32 Å². The topological polar surface area (TPSA) is 67.3 Å². The molecule has 0 aliphatic heterocycles. The van der Waals surface area contributed by atoms with Gasteiger partial charge in [-0.05, 0) is 46.0 Å². The van der Waals surface area contributed by atoms with Crippen molar-refractivity contribution < 1.29 is 8.83 Å². The van der Waals surface area contributed by atoms with E-state index in [4.69, 9.17) is 8.83 Å². The number of hydrogen-bond donors (Lipinski definition) is 1. The molecule has 1 atom stereocenters. The summed E-state index contributed by atoms with van der Waals surface area (Å²) in [5.41, 5.74) is 0. The van der Waals surface area contributed by atoms with E-state index in [0.29, 0.717) is 18.5 Å². The van der Waals surface area contributed by atoms with Crippen LogP contribution >= 0.6 is 0 Å². The summed E-state index contributed by atoms with van der Waals surface area (Å²) in [6.45, 7) is 2.61. The molecule has 1 aliphatic carbocycles. The maximum atomic E-state index is 5.72. The van der Waals surface area contributed by atoms with Gasteiger partial charge in [-0.2, -0.15) is 0 Å². The van der Waals surface area contributed by atoms with E-state index in [1.165, 1.54) is 6.42 Å². The molecule has 0 bridgehead atoms. The van der Waals surface area contributed by atoms with Crippen LogP contribution in [0.3, 0.4) is 0 Å². The summed E-state index contributed by atoms with van der Waals surface area (Å²) in [6, 6.07) is 4.60. The highest BCUT2D eigenvalue weighted by Gasteiger charge is 2.25. The summed E-state index contributed by atoms with van der Waals surface area (Å²) in [4.78, 5) is 2.11. The van der Waals surface area contributed by atoms with Crippen molar-refractivity contribution in [1.82, 2.24) is 15.1 Å². The van der Waals surface area contributed by atoms with Crippen LogP contribution in [0, 0.1) is 6.92 Å². The van der Waals surface area contributed by atoms with Crippen LogP contribution in [-0.4, -0.2) is 35.7 Å². The summed E-state index contributed by atoms with van der Waals surface area (Å²) in [5, 5.41) is 11.4. The number of nitrogens with one attached hydrogen (secondary N) is 1. The SMILES string of the molecule is Cc1ccc([C@@H](CNc2nnc(C3CCC3)o2)N(C)C)o1. The molecule has 6 nitrogen and oxygen atoms in total. The number of anilines is 1. The van der Waals surface area contributed by atoms with Crippen LogP contribution in [0.1, 0.15) is 48.6 Å². The molecule has 0 spiro atoms. The van der Waals surface area contributed by atoms with Crippen LogP contribution in [0.4, 0.5) is 6.01 Å². The predicted molar refractivity (Wildman–Crippen MR) is 79.3 cm³/mol. The average Bonchev–Trinajstić information content (AvgIpc) is 2.97. The van der Waals surface area contributed by atoms with Crippen LogP contribution in [0.15, 0.2) is 21.0 Å². The number of likely N-dealkylation sites (N-methyl/N-ethyl adjacent to an activating group) is 1. The Bertz CT molecular complexity index is 586.